The zero-order valence-corrected chi connectivity index (χ0v) is 12.1. The molecule has 0 radical (unpaired) electrons. The molecule has 1 heterocycles. The molecule has 1 atom stereocenters. The third-order valence-corrected chi connectivity index (χ3v) is 3.96. The number of hydrogen-bond acceptors (Lipinski definition) is 4. The fourth-order valence-corrected chi connectivity index (χ4v) is 2.83. The van der Waals surface area contributed by atoms with E-state index in [4.69, 9.17) is 0 Å². The Labute approximate surface area is 125 Å². The number of carbonyl (C=O) groups excluding carboxylic acids is 1. The van der Waals surface area contributed by atoms with Gasteiger partial charge in [0, 0.05) is 6.20 Å². The van der Waals surface area contributed by atoms with Crippen LogP contribution in [-0.4, -0.2) is 22.6 Å². The van der Waals surface area contributed by atoms with E-state index in [1.54, 1.807) is 0 Å². The molecule has 1 aromatic rings. The van der Waals surface area contributed by atoms with E-state index in [0.29, 0.717) is 18.8 Å². The molecule has 1 aliphatic rings. The average Bonchev–Trinajstić information content (AvgIpc) is 2.96. The van der Waals surface area contributed by atoms with Crippen molar-refractivity contribution in [2.75, 3.05) is 7.11 Å². The molecule has 0 amide bonds. The lowest BCUT2D eigenvalue weighted by Gasteiger charge is -2.21. The number of carbonyl (C=O) groups is 1. The quantitative estimate of drug-likeness (QED) is 0.801. The number of ether oxygens (including phenoxy) is 1. The van der Waals surface area contributed by atoms with Crippen LogP contribution in [0.25, 0.3) is 0 Å². The summed E-state index contributed by atoms with van der Waals surface area (Å²) in [4.78, 5) is 26.9. The van der Waals surface area contributed by atoms with Crippen LogP contribution in [0, 0.1) is 5.92 Å². The van der Waals surface area contributed by atoms with Gasteiger partial charge in [-0.05, 0) is 12.3 Å². The van der Waals surface area contributed by atoms with E-state index in [9.17, 15) is 22.8 Å². The van der Waals surface area contributed by atoms with Crippen LogP contribution in [0.3, 0.4) is 0 Å². The van der Waals surface area contributed by atoms with Crippen molar-refractivity contribution < 1.29 is 22.7 Å². The second-order valence-electron chi connectivity index (χ2n) is 5.44. The highest BCUT2D eigenvalue weighted by Gasteiger charge is 2.35. The fourth-order valence-electron chi connectivity index (χ4n) is 2.83. The summed E-state index contributed by atoms with van der Waals surface area (Å²) in [5.74, 6) is -0.508. The Morgan fingerprint density at radius 1 is 1.45 bits per heavy atom. The molecule has 1 aliphatic carbocycles. The molecule has 122 valence electrons. The van der Waals surface area contributed by atoms with E-state index < -0.39 is 29.4 Å². The van der Waals surface area contributed by atoms with Crippen LogP contribution < -0.4 is 5.56 Å². The number of alkyl halides is 3. The van der Waals surface area contributed by atoms with Gasteiger partial charge < -0.3 is 4.74 Å². The molecule has 1 saturated carbocycles. The SMILES string of the molecule is COC(=O)C(CC1CCCC1)n1cc(C(F)(F)F)ncc1=O. The topological polar surface area (TPSA) is 61.2 Å². The van der Waals surface area contributed by atoms with Gasteiger partial charge in [0.05, 0.1) is 13.3 Å². The molecule has 0 bridgehead atoms. The molecular weight excluding hydrogens is 301 g/mol. The van der Waals surface area contributed by atoms with Crippen molar-refractivity contribution in [3.05, 3.63) is 28.4 Å². The monoisotopic (exact) mass is 318 g/mol. The second-order valence-corrected chi connectivity index (χ2v) is 5.44. The highest BCUT2D eigenvalue weighted by Crippen LogP contribution is 2.33. The minimum absolute atomic E-state index is 0.207. The highest BCUT2D eigenvalue weighted by atomic mass is 19.4. The largest absolute Gasteiger partial charge is 0.467 e. The van der Waals surface area contributed by atoms with Crippen molar-refractivity contribution in [2.24, 2.45) is 5.92 Å². The molecule has 8 heteroatoms. The first-order chi connectivity index (χ1) is 10.3. The van der Waals surface area contributed by atoms with Gasteiger partial charge in [0.1, 0.15) is 6.04 Å². The Morgan fingerprint density at radius 2 is 2.09 bits per heavy atom. The summed E-state index contributed by atoms with van der Waals surface area (Å²) in [6.07, 6.45) is 0.664. The van der Waals surface area contributed by atoms with Crippen LogP contribution in [0.2, 0.25) is 0 Å². The van der Waals surface area contributed by atoms with Gasteiger partial charge in [-0.3, -0.25) is 9.36 Å². The number of rotatable bonds is 4. The van der Waals surface area contributed by atoms with Crippen molar-refractivity contribution in [1.29, 1.82) is 0 Å². The summed E-state index contributed by atoms with van der Waals surface area (Å²) in [7, 11) is 1.15. The number of halogens is 3. The number of nitrogens with zero attached hydrogens (tertiary/aromatic N) is 2. The maximum atomic E-state index is 12.8. The Hall–Kier alpha value is -1.86. The molecule has 1 fully saturated rings. The smallest absolute Gasteiger partial charge is 0.434 e. The molecule has 0 aliphatic heterocycles. The molecule has 0 spiro atoms. The summed E-state index contributed by atoms with van der Waals surface area (Å²) in [6.45, 7) is 0. The number of hydrogen-bond donors (Lipinski definition) is 0. The van der Waals surface area contributed by atoms with Crippen LogP contribution >= 0.6 is 0 Å². The third-order valence-electron chi connectivity index (χ3n) is 3.96. The lowest BCUT2D eigenvalue weighted by molar-refractivity contribution is -0.147. The van der Waals surface area contributed by atoms with Crippen molar-refractivity contribution in [2.45, 2.75) is 44.3 Å². The normalized spacial score (nSPS) is 17.5. The van der Waals surface area contributed by atoms with E-state index >= 15 is 0 Å². The fraction of sp³-hybridized carbons (Fsp3) is 0.643. The predicted molar refractivity (Wildman–Crippen MR) is 71.1 cm³/mol. The lowest BCUT2D eigenvalue weighted by Crippen LogP contribution is -2.33. The van der Waals surface area contributed by atoms with Gasteiger partial charge in [-0.1, -0.05) is 25.7 Å². The highest BCUT2D eigenvalue weighted by molar-refractivity contribution is 5.74. The van der Waals surface area contributed by atoms with Crippen molar-refractivity contribution in [3.8, 4) is 0 Å². The first kappa shape index (κ1) is 16.5. The number of esters is 1. The van der Waals surface area contributed by atoms with Gasteiger partial charge in [-0.15, -0.1) is 0 Å². The van der Waals surface area contributed by atoms with Gasteiger partial charge in [-0.2, -0.15) is 13.2 Å². The second kappa shape index (κ2) is 6.50. The summed E-state index contributed by atoms with van der Waals surface area (Å²) in [5, 5.41) is 0. The van der Waals surface area contributed by atoms with Gasteiger partial charge in [0.25, 0.3) is 5.56 Å². The molecule has 1 aromatic heterocycles. The van der Waals surface area contributed by atoms with Crippen LogP contribution in [0.4, 0.5) is 13.2 Å². The first-order valence-corrected chi connectivity index (χ1v) is 7.06. The Balaban J connectivity index is 2.37. The van der Waals surface area contributed by atoms with Crippen LogP contribution in [0.5, 0.6) is 0 Å². The first-order valence-electron chi connectivity index (χ1n) is 7.06. The molecule has 0 saturated heterocycles. The molecule has 22 heavy (non-hydrogen) atoms. The van der Waals surface area contributed by atoms with Gasteiger partial charge in [-0.25, -0.2) is 9.78 Å². The van der Waals surface area contributed by atoms with Crippen molar-refractivity contribution in [1.82, 2.24) is 9.55 Å². The zero-order chi connectivity index (χ0) is 16.3. The minimum Gasteiger partial charge on any atom is -0.467 e. The maximum Gasteiger partial charge on any atom is 0.434 e. The Morgan fingerprint density at radius 3 is 2.64 bits per heavy atom. The van der Waals surface area contributed by atoms with Gasteiger partial charge in [0.15, 0.2) is 5.69 Å². The summed E-state index contributed by atoms with van der Waals surface area (Å²) in [5.41, 5.74) is -1.95. The van der Waals surface area contributed by atoms with E-state index in [2.05, 4.69) is 9.72 Å². The van der Waals surface area contributed by atoms with Crippen LogP contribution in [-0.2, 0) is 15.7 Å². The molecular formula is C14H17F3N2O3. The van der Waals surface area contributed by atoms with Crippen LogP contribution in [0.15, 0.2) is 17.2 Å². The third kappa shape index (κ3) is 3.66. The number of aromatic nitrogens is 2. The molecule has 0 aromatic carbocycles. The van der Waals surface area contributed by atoms with E-state index in [0.717, 1.165) is 37.4 Å². The van der Waals surface area contributed by atoms with Gasteiger partial charge >= 0.3 is 12.1 Å². The molecule has 2 rings (SSSR count). The standard InChI is InChI=1S/C14H17F3N2O3/c1-22-13(21)10(6-9-4-2-3-5-9)19-8-11(14(15,16)17)18-7-12(19)20/h7-10H,2-6H2,1H3. The lowest BCUT2D eigenvalue weighted by atomic mass is 9.98. The van der Waals surface area contributed by atoms with Crippen molar-refractivity contribution in [3.63, 3.8) is 0 Å². The summed E-state index contributed by atoms with van der Waals surface area (Å²) < 4.78 is 43.7. The molecule has 1 unspecified atom stereocenters. The van der Waals surface area contributed by atoms with Crippen LogP contribution in [0.1, 0.15) is 43.8 Å². The minimum atomic E-state index is -4.68. The Kier molecular flexibility index (Phi) is 4.87. The van der Waals surface area contributed by atoms with E-state index in [1.165, 1.54) is 0 Å². The molecule has 0 N–H and O–H groups in total. The van der Waals surface area contributed by atoms with E-state index in [-0.39, 0.29) is 5.92 Å². The maximum absolute atomic E-state index is 12.8. The zero-order valence-electron chi connectivity index (χ0n) is 12.1. The average molecular weight is 318 g/mol. The van der Waals surface area contributed by atoms with E-state index in [1.807, 2.05) is 0 Å². The number of methoxy groups -OCH3 is 1. The molecule has 5 nitrogen and oxygen atoms in total. The summed E-state index contributed by atoms with van der Waals surface area (Å²) in [6, 6.07) is -1.05. The Bertz CT molecular complexity index is 592. The summed E-state index contributed by atoms with van der Waals surface area (Å²) >= 11 is 0. The van der Waals surface area contributed by atoms with Crippen molar-refractivity contribution >= 4 is 5.97 Å². The predicted octanol–water partition coefficient (Wildman–Crippen LogP) is 2.56. The van der Waals surface area contributed by atoms with Gasteiger partial charge in [0.2, 0.25) is 0 Å².